The van der Waals surface area contributed by atoms with Gasteiger partial charge in [0.15, 0.2) is 0 Å². The summed E-state index contributed by atoms with van der Waals surface area (Å²) in [5.41, 5.74) is 1.66. The highest BCUT2D eigenvalue weighted by molar-refractivity contribution is 5.14. The molecule has 1 aliphatic carbocycles. The van der Waals surface area contributed by atoms with Crippen LogP contribution < -0.4 is 0 Å². The molecule has 1 heteroatoms. The Morgan fingerprint density at radius 2 is 1.60 bits per heavy atom. The summed E-state index contributed by atoms with van der Waals surface area (Å²) >= 11 is 0. The van der Waals surface area contributed by atoms with Crippen LogP contribution in [0.4, 0.5) is 0 Å². The van der Waals surface area contributed by atoms with Crippen molar-refractivity contribution in [3.8, 4) is 0 Å². The molecule has 2 aliphatic rings. The second-order valence-electron chi connectivity index (χ2n) is 5.11. The molecule has 1 atom stereocenters. The summed E-state index contributed by atoms with van der Waals surface area (Å²) < 4.78 is 5.86. The molecule has 0 aromatic rings. The molecule has 86 valence electrons. The quantitative estimate of drug-likeness (QED) is 0.572. The molecule has 2 rings (SSSR count). The second kappa shape index (κ2) is 5.58. The van der Waals surface area contributed by atoms with Gasteiger partial charge in [-0.1, -0.05) is 32.6 Å². The Kier molecular flexibility index (Phi) is 4.10. The Bertz CT molecular complexity index is 229. The zero-order valence-electron chi connectivity index (χ0n) is 10.1. The van der Waals surface area contributed by atoms with Crippen molar-refractivity contribution in [1.82, 2.24) is 0 Å². The van der Waals surface area contributed by atoms with Crippen molar-refractivity contribution in [2.45, 2.75) is 64.7 Å². The van der Waals surface area contributed by atoms with Crippen molar-refractivity contribution in [2.24, 2.45) is 5.92 Å². The molecule has 0 N–H and O–H groups in total. The molecule has 0 fully saturated rings. The molecule has 15 heavy (non-hydrogen) atoms. The summed E-state index contributed by atoms with van der Waals surface area (Å²) in [5.74, 6) is 2.16. The third kappa shape index (κ3) is 2.99. The molecule has 0 saturated carbocycles. The van der Waals surface area contributed by atoms with Crippen LogP contribution in [-0.4, -0.2) is 6.61 Å². The lowest BCUT2D eigenvalue weighted by Gasteiger charge is -2.27. The van der Waals surface area contributed by atoms with Gasteiger partial charge in [0.25, 0.3) is 0 Å². The Labute approximate surface area is 93.9 Å². The van der Waals surface area contributed by atoms with E-state index in [4.69, 9.17) is 4.74 Å². The average Bonchev–Trinajstić information content (AvgIpc) is 2.26. The fraction of sp³-hybridized carbons (Fsp3) is 0.857. The number of ether oxygens (including phenoxy) is 1. The SMILES string of the molecule is CC1CCOC2=C1CCCCCCCC2. The van der Waals surface area contributed by atoms with Gasteiger partial charge in [-0.05, 0) is 37.2 Å². The number of hydrogen-bond acceptors (Lipinski definition) is 1. The summed E-state index contributed by atoms with van der Waals surface area (Å²) in [7, 11) is 0. The molecule has 0 amide bonds. The summed E-state index contributed by atoms with van der Waals surface area (Å²) in [4.78, 5) is 0. The molecule has 1 aliphatic heterocycles. The van der Waals surface area contributed by atoms with Gasteiger partial charge in [0.05, 0.1) is 12.4 Å². The second-order valence-corrected chi connectivity index (χ2v) is 5.11. The minimum Gasteiger partial charge on any atom is -0.498 e. The summed E-state index contributed by atoms with van der Waals surface area (Å²) in [6, 6.07) is 0. The van der Waals surface area contributed by atoms with E-state index >= 15 is 0 Å². The number of hydrogen-bond donors (Lipinski definition) is 0. The van der Waals surface area contributed by atoms with E-state index in [0.29, 0.717) is 0 Å². The maximum absolute atomic E-state index is 5.86. The first-order valence-corrected chi connectivity index (χ1v) is 6.72. The van der Waals surface area contributed by atoms with Crippen LogP contribution in [0.15, 0.2) is 11.3 Å². The van der Waals surface area contributed by atoms with Crippen LogP contribution >= 0.6 is 0 Å². The Balaban J connectivity index is 2.06. The summed E-state index contributed by atoms with van der Waals surface area (Å²) in [6.45, 7) is 3.34. The van der Waals surface area contributed by atoms with Crippen molar-refractivity contribution in [2.75, 3.05) is 6.61 Å². The lowest BCUT2D eigenvalue weighted by Crippen LogP contribution is -2.15. The van der Waals surface area contributed by atoms with Gasteiger partial charge in [0, 0.05) is 6.42 Å². The van der Waals surface area contributed by atoms with Crippen molar-refractivity contribution in [1.29, 1.82) is 0 Å². The first-order chi connectivity index (χ1) is 7.38. The molecule has 0 saturated heterocycles. The number of allylic oxidation sites excluding steroid dienone is 2. The first-order valence-electron chi connectivity index (χ1n) is 6.72. The molecular formula is C14H24O. The van der Waals surface area contributed by atoms with Crippen molar-refractivity contribution >= 4 is 0 Å². The van der Waals surface area contributed by atoms with Crippen molar-refractivity contribution < 1.29 is 4.74 Å². The first kappa shape index (κ1) is 11.0. The highest BCUT2D eigenvalue weighted by atomic mass is 16.5. The molecule has 0 radical (unpaired) electrons. The van der Waals surface area contributed by atoms with Gasteiger partial charge in [-0.2, -0.15) is 0 Å². The average molecular weight is 208 g/mol. The third-order valence-electron chi connectivity index (χ3n) is 3.88. The molecule has 0 aromatic carbocycles. The molecule has 1 nitrogen and oxygen atoms in total. The third-order valence-corrected chi connectivity index (χ3v) is 3.88. The zero-order valence-corrected chi connectivity index (χ0v) is 10.1. The van der Waals surface area contributed by atoms with E-state index in [0.717, 1.165) is 12.5 Å². The Morgan fingerprint density at radius 3 is 2.40 bits per heavy atom. The van der Waals surface area contributed by atoms with Gasteiger partial charge in [0.1, 0.15) is 0 Å². The van der Waals surface area contributed by atoms with E-state index in [1.807, 2.05) is 0 Å². The molecular weight excluding hydrogens is 184 g/mol. The summed E-state index contributed by atoms with van der Waals surface area (Å²) in [6.07, 6.45) is 12.2. The number of rotatable bonds is 0. The minimum absolute atomic E-state index is 0.785. The highest BCUT2D eigenvalue weighted by Crippen LogP contribution is 2.32. The largest absolute Gasteiger partial charge is 0.498 e. The molecule has 0 aromatic heterocycles. The minimum atomic E-state index is 0.785. The smallest absolute Gasteiger partial charge is 0.0954 e. The van der Waals surface area contributed by atoms with Crippen LogP contribution in [0.1, 0.15) is 64.7 Å². The van der Waals surface area contributed by atoms with E-state index in [2.05, 4.69) is 6.92 Å². The van der Waals surface area contributed by atoms with Crippen LogP contribution in [0.5, 0.6) is 0 Å². The van der Waals surface area contributed by atoms with Gasteiger partial charge >= 0.3 is 0 Å². The lowest BCUT2D eigenvalue weighted by molar-refractivity contribution is 0.155. The van der Waals surface area contributed by atoms with Gasteiger partial charge < -0.3 is 4.74 Å². The topological polar surface area (TPSA) is 9.23 Å². The van der Waals surface area contributed by atoms with Crippen LogP contribution in [0, 0.1) is 5.92 Å². The standard InChI is InChI=1S/C14H24O/c1-12-10-11-15-14-9-7-5-3-2-4-6-8-13(12)14/h12H,2-11H2,1H3. The van der Waals surface area contributed by atoms with Crippen LogP contribution in [-0.2, 0) is 4.74 Å². The fourth-order valence-corrected chi connectivity index (χ4v) is 2.83. The zero-order chi connectivity index (χ0) is 10.5. The lowest BCUT2D eigenvalue weighted by atomic mass is 9.88. The van der Waals surface area contributed by atoms with Gasteiger partial charge in [-0.25, -0.2) is 0 Å². The molecule has 1 unspecified atom stereocenters. The Hall–Kier alpha value is -0.460. The highest BCUT2D eigenvalue weighted by Gasteiger charge is 2.20. The van der Waals surface area contributed by atoms with E-state index in [1.165, 1.54) is 63.5 Å². The maximum atomic E-state index is 5.86. The predicted molar refractivity (Wildman–Crippen MR) is 63.7 cm³/mol. The van der Waals surface area contributed by atoms with Gasteiger partial charge in [-0.15, -0.1) is 0 Å². The normalized spacial score (nSPS) is 29.3. The van der Waals surface area contributed by atoms with Crippen LogP contribution in [0.25, 0.3) is 0 Å². The van der Waals surface area contributed by atoms with Crippen LogP contribution in [0.2, 0.25) is 0 Å². The fourth-order valence-electron chi connectivity index (χ4n) is 2.83. The molecule has 0 bridgehead atoms. The van der Waals surface area contributed by atoms with Crippen LogP contribution in [0.3, 0.4) is 0 Å². The molecule has 0 spiro atoms. The van der Waals surface area contributed by atoms with Crippen molar-refractivity contribution in [3.63, 3.8) is 0 Å². The van der Waals surface area contributed by atoms with Crippen molar-refractivity contribution in [3.05, 3.63) is 11.3 Å². The van der Waals surface area contributed by atoms with E-state index in [-0.39, 0.29) is 0 Å². The van der Waals surface area contributed by atoms with Gasteiger partial charge in [0.2, 0.25) is 0 Å². The summed E-state index contributed by atoms with van der Waals surface area (Å²) in [5, 5.41) is 0. The van der Waals surface area contributed by atoms with E-state index in [9.17, 15) is 0 Å². The van der Waals surface area contributed by atoms with Gasteiger partial charge in [-0.3, -0.25) is 0 Å². The maximum Gasteiger partial charge on any atom is 0.0954 e. The van der Waals surface area contributed by atoms with E-state index in [1.54, 1.807) is 5.57 Å². The molecule has 1 heterocycles. The Morgan fingerprint density at radius 1 is 0.933 bits per heavy atom. The monoisotopic (exact) mass is 208 g/mol. The predicted octanol–water partition coefficient (Wildman–Crippen LogP) is 4.43. The van der Waals surface area contributed by atoms with E-state index < -0.39 is 0 Å².